The van der Waals surface area contributed by atoms with Gasteiger partial charge in [0.2, 0.25) is 0 Å². The van der Waals surface area contributed by atoms with E-state index in [1.54, 1.807) is 6.08 Å². The maximum atomic E-state index is 11.2. The number of aryl methyl sites for hydroxylation is 2. The molecular weight excluding hydrogens is 212 g/mol. The molecule has 1 aliphatic rings. The monoisotopic (exact) mass is 230 g/mol. The maximum Gasteiger partial charge on any atom is 0.330 e. The molecule has 0 saturated carbocycles. The van der Waals surface area contributed by atoms with Crippen molar-refractivity contribution in [1.29, 1.82) is 0 Å². The molecule has 2 nitrogen and oxygen atoms in total. The van der Waals surface area contributed by atoms with Crippen LogP contribution in [0.25, 0.3) is 0 Å². The fourth-order valence-corrected chi connectivity index (χ4v) is 2.10. The summed E-state index contributed by atoms with van der Waals surface area (Å²) in [6.45, 7) is 4.07. The molecule has 0 aromatic heterocycles. The molecule has 0 radical (unpaired) electrons. The molecule has 1 heterocycles. The number of benzene rings is 1. The average molecular weight is 230 g/mol. The van der Waals surface area contributed by atoms with Gasteiger partial charge in [-0.2, -0.15) is 0 Å². The lowest BCUT2D eigenvalue weighted by atomic mass is 9.99. The summed E-state index contributed by atoms with van der Waals surface area (Å²) in [5.41, 5.74) is 3.70. The number of ether oxygens (including phenoxy) is 1. The first-order valence-corrected chi connectivity index (χ1v) is 6.07. The van der Waals surface area contributed by atoms with Crippen LogP contribution in [-0.2, 0) is 16.0 Å². The standard InChI is InChI=1S/C15H18O2/c1-11-3-5-13(6-4-11)7-8-14-9-12(2)10-15(16)17-14/h3-6,10,14H,7-9H2,1-2H3. The van der Waals surface area contributed by atoms with Crippen LogP contribution >= 0.6 is 0 Å². The van der Waals surface area contributed by atoms with Gasteiger partial charge >= 0.3 is 5.97 Å². The van der Waals surface area contributed by atoms with E-state index in [-0.39, 0.29) is 12.1 Å². The molecule has 0 fully saturated rings. The second-order valence-corrected chi connectivity index (χ2v) is 4.78. The van der Waals surface area contributed by atoms with E-state index >= 15 is 0 Å². The van der Waals surface area contributed by atoms with Gasteiger partial charge in [-0.3, -0.25) is 0 Å². The van der Waals surface area contributed by atoms with E-state index in [0.717, 1.165) is 24.8 Å². The van der Waals surface area contributed by atoms with Crippen molar-refractivity contribution in [1.82, 2.24) is 0 Å². The molecule has 0 N–H and O–H groups in total. The second kappa shape index (κ2) is 5.17. The Bertz CT molecular complexity index is 429. The molecule has 1 aromatic rings. The van der Waals surface area contributed by atoms with Gasteiger partial charge in [0.15, 0.2) is 0 Å². The van der Waals surface area contributed by atoms with Crippen molar-refractivity contribution in [2.75, 3.05) is 0 Å². The Morgan fingerprint density at radius 2 is 1.94 bits per heavy atom. The van der Waals surface area contributed by atoms with Crippen molar-refractivity contribution < 1.29 is 9.53 Å². The summed E-state index contributed by atoms with van der Waals surface area (Å²) in [6, 6.07) is 8.52. The van der Waals surface area contributed by atoms with Gasteiger partial charge in [0, 0.05) is 12.5 Å². The van der Waals surface area contributed by atoms with Crippen LogP contribution in [0.4, 0.5) is 0 Å². The predicted octanol–water partition coefficient (Wildman–Crippen LogP) is 3.19. The average Bonchev–Trinajstić information content (AvgIpc) is 2.27. The molecule has 0 amide bonds. The summed E-state index contributed by atoms with van der Waals surface area (Å²) in [5, 5.41) is 0. The highest BCUT2D eigenvalue weighted by atomic mass is 16.5. The van der Waals surface area contributed by atoms with E-state index in [1.807, 2.05) is 6.92 Å². The van der Waals surface area contributed by atoms with Crippen LogP contribution in [0.1, 0.15) is 30.9 Å². The number of carbonyl (C=O) groups excluding carboxylic acids is 1. The van der Waals surface area contributed by atoms with Crippen molar-refractivity contribution in [3.63, 3.8) is 0 Å². The Labute approximate surface area is 102 Å². The van der Waals surface area contributed by atoms with Gasteiger partial charge in [0.05, 0.1) is 0 Å². The lowest BCUT2D eigenvalue weighted by Gasteiger charge is -2.21. The molecule has 2 rings (SSSR count). The SMILES string of the molecule is CC1=CC(=O)OC(CCc2ccc(C)cc2)C1. The van der Waals surface area contributed by atoms with Gasteiger partial charge in [-0.25, -0.2) is 4.79 Å². The minimum atomic E-state index is -0.192. The largest absolute Gasteiger partial charge is 0.459 e. The zero-order chi connectivity index (χ0) is 12.3. The number of hydrogen-bond acceptors (Lipinski definition) is 2. The number of cyclic esters (lactones) is 1. The summed E-state index contributed by atoms with van der Waals surface area (Å²) in [4.78, 5) is 11.2. The van der Waals surface area contributed by atoms with Crippen LogP contribution in [0.2, 0.25) is 0 Å². The molecule has 2 heteroatoms. The Morgan fingerprint density at radius 1 is 1.24 bits per heavy atom. The van der Waals surface area contributed by atoms with Gasteiger partial charge in [-0.05, 0) is 32.3 Å². The van der Waals surface area contributed by atoms with Crippen LogP contribution in [-0.4, -0.2) is 12.1 Å². The van der Waals surface area contributed by atoms with Gasteiger partial charge in [-0.15, -0.1) is 0 Å². The van der Waals surface area contributed by atoms with Crippen LogP contribution in [0.15, 0.2) is 35.9 Å². The van der Waals surface area contributed by atoms with Gasteiger partial charge in [0.1, 0.15) is 6.10 Å². The molecule has 0 bridgehead atoms. The van der Waals surface area contributed by atoms with E-state index in [1.165, 1.54) is 11.1 Å². The quantitative estimate of drug-likeness (QED) is 0.745. The zero-order valence-electron chi connectivity index (χ0n) is 10.4. The third kappa shape index (κ3) is 3.45. The number of rotatable bonds is 3. The highest BCUT2D eigenvalue weighted by Crippen LogP contribution is 2.19. The molecule has 90 valence electrons. The Balaban J connectivity index is 1.88. The molecule has 1 aliphatic heterocycles. The van der Waals surface area contributed by atoms with Crippen molar-refractivity contribution in [2.24, 2.45) is 0 Å². The number of esters is 1. The Morgan fingerprint density at radius 3 is 2.59 bits per heavy atom. The highest BCUT2D eigenvalue weighted by molar-refractivity contribution is 5.83. The van der Waals surface area contributed by atoms with Crippen molar-refractivity contribution in [3.05, 3.63) is 47.0 Å². The van der Waals surface area contributed by atoms with E-state index < -0.39 is 0 Å². The smallest absolute Gasteiger partial charge is 0.330 e. The lowest BCUT2D eigenvalue weighted by molar-refractivity contribution is -0.144. The molecule has 17 heavy (non-hydrogen) atoms. The Kier molecular flexibility index (Phi) is 3.62. The summed E-state index contributed by atoms with van der Waals surface area (Å²) in [5.74, 6) is -0.192. The van der Waals surface area contributed by atoms with Crippen LogP contribution in [0.5, 0.6) is 0 Å². The van der Waals surface area contributed by atoms with E-state index in [4.69, 9.17) is 4.74 Å². The number of carbonyl (C=O) groups is 1. The molecule has 0 saturated heterocycles. The van der Waals surface area contributed by atoms with Crippen molar-refractivity contribution in [3.8, 4) is 0 Å². The number of hydrogen-bond donors (Lipinski definition) is 0. The maximum absolute atomic E-state index is 11.2. The first kappa shape index (κ1) is 11.9. The van der Waals surface area contributed by atoms with E-state index in [2.05, 4.69) is 31.2 Å². The van der Waals surface area contributed by atoms with Crippen LogP contribution < -0.4 is 0 Å². The molecule has 1 unspecified atom stereocenters. The third-order valence-corrected chi connectivity index (χ3v) is 3.07. The highest BCUT2D eigenvalue weighted by Gasteiger charge is 2.18. The third-order valence-electron chi connectivity index (χ3n) is 3.07. The minimum Gasteiger partial charge on any atom is -0.459 e. The molecule has 0 aliphatic carbocycles. The zero-order valence-corrected chi connectivity index (χ0v) is 10.4. The van der Waals surface area contributed by atoms with Gasteiger partial charge in [0.25, 0.3) is 0 Å². The summed E-state index contributed by atoms with van der Waals surface area (Å²) < 4.78 is 5.29. The normalized spacial score (nSPS) is 19.8. The van der Waals surface area contributed by atoms with Crippen LogP contribution in [0, 0.1) is 6.92 Å². The topological polar surface area (TPSA) is 26.3 Å². The van der Waals surface area contributed by atoms with Crippen molar-refractivity contribution in [2.45, 2.75) is 39.2 Å². The van der Waals surface area contributed by atoms with E-state index in [0.29, 0.717) is 0 Å². The van der Waals surface area contributed by atoms with E-state index in [9.17, 15) is 4.79 Å². The molecule has 0 spiro atoms. The molecule has 1 atom stereocenters. The van der Waals surface area contributed by atoms with Crippen LogP contribution in [0.3, 0.4) is 0 Å². The fourth-order valence-electron chi connectivity index (χ4n) is 2.10. The Hall–Kier alpha value is -1.57. The predicted molar refractivity (Wildman–Crippen MR) is 67.8 cm³/mol. The summed E-state index contributed by atoms with van der Waals surface area (Å²) >= 11 is 0. The van der Waals surface area contributed by atoms with Gasteiger partial charge < -0.3 is 4.74 Å². The second-order valence-electron chi connectivity index (χ2n) is 4.78. The molecule has 1 aromatic carbocycles. The molecular formula is C15H18O2. The van der Waals surface area contributed by atoms with Gasteiger partial charge in [-0.1, -0.05) is 35.4 Å². The minimum absolute atomic E-state index is 0.0498. The van der Waals surface area contributed by atoms with Crippen molar-refractivity contribution >= 4 is 5.97 Å². The first-order chi connectivity index (χ1) is 8.13. The summed E-state index contributed by atoms with van der Waals surface area (Å²) in [6.07, 6.45) is 4.37. The fraction of sp³-hybridized carbons (Fsp3) is 0.400. The first-order valence-electron chi connectivity index (χ1n) is 6.07. The lowest BCUT2D eigenvalue weighted by Crippen LogP contribution is -2.22. The summed E-state index contributed by atoms with van der Waals surface area (Å²) in [7, 11) is 0.